The van der Waals surface area contributed by atoms with E-state index in [9.17, 15) is 18.0 Å². The zero-order chi connectivity index (χ0) is 21.6. The fraction of sp³-hybridized carbons (Fsp3) is 0.294. The van der Waals surface area contributed by atoms with Gasteiger partial charge < -0.3 is 0 Å². The maximum Gasteiger partial charge on any atom is 0.289 e. The van der Waals surface area contributed by atoms with E-state index in [2.05, 4.69) is 20.8 Å². The molecule has 0 atom stereocenters. The molecule has 0 saturated heterocycles. The topological polar surface area (TPSA) is 121 Å². The van der Waals surface area contributed by atoms with Gasteiger partial charge in [-0.3, -0.25) is 20.4 Å². The molecule has 1 heterocycles. The van der Waals surface area contributed by atoms with Crippen LogP contribution in [0.3, 0.4) is 0 Å². The van der Waals surface area contributed by atoms with Crippen LogP contribution in [0.15, 0.2) is 40.5 Å². The number of nitrogens with one attached hydrogen (secondary N) is 2. The van der Waals surface area contributed by atoms with Crippen LogP contribution in [0.25, 0.3) is 0 Å². The summed E-state index contributed by atoms with van der Waals surface area (Å²) in [7, 11) is -3.72. The summed E-state index contributed by atoms with van der Waals surface area (Å²) in [5.74, 6) is -1.42. The highest BCUT2D eigenvalue weighted by molar-refractivity contribution is 7.98. The normalized spacial score (nSPS) is 11.3. The summed E-state index contributed by atoms with van der Waals surface area (Å²) in [6.45, 7) is 4.08. The van der Waals surface area contributed by atoms with Gasteiger partial charge in [0.25, 0.3) is 11.8 Å². The molecule has 0 aliphatic carbocycles. The largest absolute Gasteiger partial charge is 0.289 e. The molecule has 2 aromatic rings. The third kappa shape index (κ3) is 5.44. The predicted octanol–water partition coefficient (Wildman–Crippen LogP) is 1.96. The molecule has 0 aliphatic rings. The molecule has 0 bridgehead atoms. The average molecular weight is 458 g/mol. The number of nitrogens with zero attached hydrogens (tertiary/aromatic N) is 3. The fourth-order valence-electron chi connectivity index (χ4n) is 2.36. The van der Waals surface area contributed by atoms with Crippen molar-refractivity contribution in [2.75, 3.05) is 19.3 Å². The van der Waals surface area contributed by atoms with E-state index in [-0.39, 0.29) is 21.2 Å². The zero-order valence-electron chi connectivity index (χ0n) is 16.0. The van der Waals surface area contributed by atoms with Gasteiger partial charge in [-0.05, 0) is 24.5 Å². The summed E-state index contributed by atoms with van der Waals surface area (Å²) in [6, 6.07) is 5.55. The Morgan fingerprint density at radius 1 is 1.17 bits per heavy atom. The van der Waals surface area contributed by atoms with Crippen molar-refractivity contribution in [3.8, 4) is 0 Å². The second kappa shape index (κ2) is 10.0. The van der Waals surface area contributed by atoms with Crippen LogP contribution in [0.1, 0.15) is 34.7 Å². The van der Waals surface area contributed by atoms with Crippen molar-refractivity contribution >= 4 is 45.2 Å². The van der Waals surface area contributed by atoms with Gasteiger partial charge in [-0.2, -0.15) is 4.31 Å². The Labute approximate surface area is 178 Å². The number of hydrogen-bond donors (Lipinski definition) is 2. The van der Waals surface area contributed by atoms with Crippen LogP contribution in [0, 0.1) is 0 Å². The van der Waals surface area contributed by atoms with Gasteiger partial charge in [0.05, 0.1) is 16.1 Å². The van der Waals surface area contributed by atoms with Crippen LogP contribution in [0.2, 0.25) is 5.02 Å². The Balaban J connectivity index is 2.15. The molecule has 2 amide bonds. The Morgan fingerprint density at radius 3 is 2.45 bits per heavy atom. The molecular weight excluding hydrogens is 438 g/mol. The number of hydrogen-bond acceptors (Lipinski definition) is 7. The van der Waals surface area contributed by atoms with Crippen LogP contribution < -0.4 is 10.9 Å². The fourth-order valence-corrected chi connectivity index (χ4v) is 4.39. The summed E-state index contributed by atoms with van der Waals surface area (Å²) in [6.07, 6.45) is 3.03. The van der Waals surface area contributed by atoms with Crippen LogP contribution in [0.4, 0.5) is 0 Å². The smallest absolute Gasteiger partial charge is 0.267 e. The van der Waals surface area contributed by atoms with Gasteiger partial charge in [0.15, 0.2) is 10.9 Å². The first-order chi connectivity index (χ1) is 13.7. The molecule has 9 nitrogen and oxygen atoms in total. The van der Waals surface area contributed by atoms with Crippen molar-refractivity contribution in [2.45, 2.75) is 23.9 Å². The third-order valence-electron chi connectivity index (χ3n) is 3.85. The number of benzene rings is 1. The molecule has 156 valence electrons. The van der Waals surface area contributed by atoms with E-state index < -0.39 is 21.8 Å². The highest BCUT2D eigenvalue weighted by Crippen LogP contribution is 2.18. The van der Waals surface area contributed by atoms with Crippen molar-refractivity contribution in [1.82, 2.24) is 25.1 Å². The van der Waals surface area contributed by atoms with E-state index in [1.165, 1.54) is 46.5 Å². The standard InChI is InChI=1S/C17H20ClN5O4S2/c1-4-23(5-2)29(26,27)12-8-6-7-11(9-12)15(24)21-22-16(25)14-13(18)10-19-17(20-14)28-3/h6-10H,4-5H2,1-3H3,(H,21,24)(H,22,25). The lowest BCUT2D eigenvalue weighted by molar-refractivity contribution is 0.0843. The molecule has 0 unspecified atom stereocenters. The van der Waals surface area contributed by atoms with E-state index in [4.69, 9.17) is 11.6 Å². The maximum absolute atomic E-state index is 12.6. The second-order valence-electron chi connectivity index (χ2n) is 5.58. The van der Waals surface area contributed by atoms with Crippen LogP contribution in [0.5, 0.6) is 0 Å². The van der Waals surface area contributed by atoms with Crippen molar-refractivity contribution in [3.05, 3.63) is 46.7 Å². The molecule has 12 heteroatoms. The van der Waals surface area contributed by atoms with Crippen LogP contribution in [-0.4, -0.2) is 53.9 Å². The summed E-state index contributed by atoms with van der Waals surface area (Å²) in [5, 5.41) is 0.377. The lowest BCUT2D eigenvalue weighted by Crippen LogP contribution is -2.42. The number of amides is 2. The highest BCUT2D eigenvalue weighted by Gasteiger charge is 2.23. The molecule has 1 aromatic carbocycles. The van der Waals surface area contributed by atoms with Crippen LogP contribution in [-0.2, 0) is 10.0 Å². The van der Waals surface area contributed by atoms with Gasteiger partial charge in [0.1, 0.15) is 0 Å². The van der Waals surface area contributed by atoms with Crippen molar-refractivity contribution < 1.29 is 18.0 Å². The number of hydrazine groups is 1. The number of halogens is 1. The van der Waals surface area contributed by atoms with E-state index >= 15 is 0 Å². The minimum Gasteiger partial charge on any atom is -0.267 e. The Hall–Kier alpha value is -2.21. The summed E-state index contributed by atoms with van der Waals surface area (Å²) >= 11 is 7.16. The van der Waals surface area contributed by atoms with Crippen LogP contribution >= 0.6 is 23.4 Å². The lowest BCUT2D eigenvalue weighted by Gasteiger charge is -2.18. The van der Waals surface area contributed by atoms with Crippen molar-refractivity contribution in [2.24, 2.45) is 0 Å². The Bertz CT molecular complexity index is 1010. The molecular formula is C17H20ClN5O4S2. The number of aromatic nitrogens is 2. The quantitative estimate of drug-likeness (QED) is 0.370. The molecule has 1 aromatic heterocycles. The number of carbonyl (C=O) groups is 2. The molecule has 2 N–H and O–H groups in total. The molecule has 2 rings (SSSR count). The molecule has 29 heavy (non-hydrogen) atoms. The lowest BCUT2D eigenvalue weighted by atomic mass is 10.2. The Morgan fingerprint density at radius 2 is 1.83 bits per heavy atom. The first-order valence-electron chi connectivity index (χ1n) is 8.52. The van der Waals surface area contributed by atoms with Gasteiger partial charge in [-0.15, -0.1) is 0 Å². The first-order valence-corrected chi connectivity index (χ1v) is 11.6. The number of rotatable bonds is 7. The minimum atomic E-state index is -3.72. The average Bonchev–Trinajstić information content (AvgIpc) is 2.72. The van der Waals surface area contributed by atoms with Gasteiger partial charge in [-0.25, -0.2) is 18.4 Å². The van der Waals surface area contributed by atoms with E-state index in [0.717, 1.165) is 0 Å². The molecule has 0 saturated carbocycles. The van der Waals surface area contributed by atoms with Gasteiger partial charge in [-0.1, -0.05) is 43.3 Å². The van der Waals surface area contributed by atoms with Gasteiger partial charge >= 0.3 is 0 Å². The summed E-state index contributed by atoms with van der Waals surface area (Å²) in [4.78, 5) is 32.5. The van der Waals surface area contributed by atoms with E-state index in [0.29, 0.717) is 18.2 Å². The monoisotopic (exact) mass is 457 g/mol. The summed E-state index contributed by atoms with van der Waals surface area (Å²) in [5.41, 5.74) is 4.41. The number of thioether (sulfide) groups is 1. The first kappa shape index (κ1) is 23.1. The number of carbonyl (C=O) groups excluding carboxylic acids is 2. The SMILES string of the molecule is CCN(CC)S(=O)(=O)c1cccc(C(=O)NNC(=O)c2nc(SC)ncc2Cl)c1. The zero-order valence-corrected chi connectivity index (χ0v) is 18.4. The minimum absolute atomic E-state index is 0.0105. The maximum atomic E-state index is 12.6. The number of sulfonamides is 1. The van der Waals surface area contributed by atoms with Crippen molar-refractivity contribution in [3.63, 3.8) is 0 Å². The molecule has 0 fully saturated rings. The molecule has 0 aliphatic heterocycles. The van der Waals surface area contributed by atoms with E-state index in [1.807, 2.05) is 0 Å². The molecule has 0 radical (unpaired) electrons. The Kier molecular flexibility index (Phi) is 7.96. The third-order valence-corrected chi connectivity index (χ3v) is 6.73. The predicted molar refractivity (Wildman–Crippen MR) is 110 cm³/mol. The summed E-state index contributed by atoms with van der Waals surface area (Å²) < 4.78 is 26.5. The molecule has 0 spiro atoms. The van der Waals surface area contributed by atoms with Gasteiger partial charge in [0, 0.05) is 18.7 Å². The van der Waals surface area contributed by atoms with Crippen molar-refractivity contribution in [1.29, 1.82) is 0 Å². The second-order valence-corrected chi connectivity index (χ2v) is 8.70. The highest BCUT2D eigenvalue weighted by atomic mass is 35.5. The van der Waals surface area contributed by atoms with Gasteiger partial charge in [0.2, 0.25) is 10.0 Å². The van der Waals surface area contributed by atoms with E-state index in [1.54, 1.807) is 20.1 Å².